The topological polar surface area (TPSA) is 80.2 Å². The lowest BCUT2D eigenvalue weighted by atomic mass is 9.96. The summed E-state index contributed by atoms with van der Waals surface area (Å²) in [6, 6.07) is 8.80. The first-order valence-corrected chi connectivity index (χ1v) is 10.8. The Bertz CT molecular complexity index is 1360. The van der Waals surface area contributed by atoms with Crippen LogP contribution < -0.4 is 10.3 Å². The number of piperidine rings is 1. The Hall–Kier alpha value is -3.44. The lowest BCUT2D eigenvalue weighted by Crippen LogP contribution is -2.43. The Labute approximate surface area is 194 Å². The predicted octanol–water partition coefficient (Wildman–Crippen LogP) is 4.30. The summed E-state index contributed by atoms with van der Waals surface area (Å²) in [7, 11) is 3.29. The van der Waals surface area contributed by atoms with Crippen LogP contribution in [0.3, 0.4) is 0 Å². The minimum atomic E-state index is -0.965. The molecule has 170 valence electrons. The molecule has 1 N–H and O–H groups in total. The van der Waals surface area contributed by atoms with Gasteiger partial charge in [-0.25, -0.2) is 8.78 Å². The van der Waals surface area contributed by atoms with Crippen LogP contribution in [0.2, 0.25) is 5.02 Å². The number of fused-ring (bicyclic) bond motifs is 1. The molecule has 4 rings (SSSR count). The average Bonchev–Trinajstić information content (AvgIpc) is 2.78. The van der Waals surface area contributed by atoms with E-state index in [1.54, 1.807) is 14.1 Å². The molecule has 1 amide bonds. The molecular formula is C24H21ClF2N4O2. The molecule has 1 aliphatic heterocycles. The molecule has 1 atom stereocenters. The number of rotatable bonds is 3. The standard InChI is InChI=1S/C24H21ClF2N4O2/c1-30(2)24(33)14-4-3-7-31(12-14)23-17(26)9-19-21(22(23)27)20(32)10-18(29-19)15-8-13(11-28)5-6-16(15)25/h5-6,8-10,14H,3-4,7,12H2,1-2H3,(H,29,32)/t14-/m1/s1. The molecule has 0 radical (unpaired) electrons. The highest BCUT2D eigenvalue weighted by Gasteiger charge is 2.31. The number of carbonyl (C=O) groups is 1. The zero-order chi connectivity index (χ0) is 23.9. The van der Waals surface area contributed by atoms with Gasteiger partial charge in [0.2, 0.25) is 5.91 Å². The molecule has 0 bridgehead atoms. The molecule has 0 aliphatic carbocycles. The largest absolute Gasteiger partial charge is 0.366 e. The fraction of sp³-hybridized carbons (Fsp3) is 0.292. The number of H-pyrrole nitrogens is 1. The number of hydrogen-bond acceptors (Lipinski definition) is 4. The predicted molar refractivity (Wildman–Crippen MR) is 123 cm³/mol. The van der Waals surface area contributed by atoms with Crippen molar-refractivity contribution < 1.29 is 13.6 Å². The molecule has 0 unspecified atom stereocenters. The molecule has 1 saturated heterocycles. The van der Waals surface area contributed by atoms with E-state index in [1.165, 1.54) is 34.1 Å². The second-order valence-corrected chi connectivity index (χ2v) is 8.72. The molecule has 3 aromatic rings. The number of carbonyl (C=O) groups excluding carboxylic acids is 1. The van der Waals surface area contributed by atoms with E-state index in [0.717, 1.165) is 6.07 Å². The molecule has 1 aromatic heterocycles. The fourth-order valence-electron chi connectivity index (χ4n) is 4.32. The van der Waals surface area contributed by atoms with E-state index in [2.05, 4.69) is 4.98 Å². The third kappa shape index (κ3) is 4.16. The van der Waals surface area contributed by atoms with Gasteiger partial charge in [-0.1, -0.05) is 11.6 Å². The third-order valence-electron chi connectivity index (χ3n) is 5.90. The molecule has 0 saturated carbocycles. The van der Waals surface area contributed by atoms with Crippen LogP contribution in [0.5, 0.6) is 0 Å². The minimum absolute atomic E-state index is 0.0207. The minimum Gasteiger partial charge on any atom is -0.366 e. The summed E-state index contributed by atoms with van der Waals surface area (Å²) in [6.07, 6.45) is 1.24. The molecule has 2 heterocycles. The number of hydrogen-bond donors (Lipinski definition) is 1. The van der Waals surface area contributed by atoms with E-state index in [0.29, 0.717) is 30.5 Å². The number of halogens is 3. The van der Waals surface area contributed by atoms with Gasteiger partial charge >= 0.3 is 0 Å². The number of aromatic nitrogens is 1. The highest BCUT2D eigenvalue weighted by molar-refractivity contribution is 6.33. The number of anilines is 1. The Balaban J connectivity index is 1.81. The summed E-state index contributed by atoms with van der Waals surface area (Å²) in [5, 5.41) is 9.15. The second-order valence-electron chi connectivity index (χ2n) is 8.32. The van der Waals surface area contributed by atoms with Crippen LogP contribution in [0, 0.1) is 28.9 Å². The van der Waals surface area contributed by atoms with Gasteiger partial charge in [0.25, 0.3) is 0 Å². The number of benzene rings is 2. The van der Waals surface area contributed by atoms with E-state index in [4.69, 9.17) is 16.9 Å². The quantitative estimate of drug-likeness (QED) is 0.618. The number of nitriles is 1. The Morgan fingerprint density at radius 1 is 1.27 bits per heavy atom. The summed E-state index contributed by atoms with van der Waals surface area (Å²) in [4.78, 5) is 31.1. The number of amides is 1. The van der Waals surface area contributed by atoms with Crippen LogP contribution in [0.1, 0.15) is 18.4 Å². The van der Waals surface area contributed by atoms with Gasteiger partial charge in [0.1, 0.15) is 5.69 Å². The molecule has 0 spiro atoms. The third-order valence-corrected chi connectivity index (χ3v) is 6.23. The van der Waals surface area contributed by atoms with Gasteiger partial charge in [0.05, 0.1) is 34.1 Å². The van der Waals surface area contributed by atoms with Gasteiger partial charge < -0.3 is 14.8 Å². The lowest BCUT2D eigenvalue weighted by Gasteiger charge is -2.35. The van der Waals surface area contributed by atoms with Crippen LogP contribution in [0.25, 0.3) is 22.2 Å². The van der Waals surface area contributed by atoms with Crippen molar-refractivity contribution in [3.05, 3.63) is 62.8 Å². The Kier molecular flexibility index (Phi) is 6.09. The van der Waals surface area contributed by atoms with E-state index in [9.17, 15) is 9.59 Å². The number of nitrogens with zero attached hydrogens (tertiary/aromatic N) is 3. The maximum Gasteiger partial charge on any atom is 0.226 e. The molecule has 6 nitrogen and oxygen atoms in total. The highest BCUT2D eigenvalue weighted by Crippen LogP contribution is 2.34. The van der Waals surface area contributed by atoms with Crippen molar-refractivity contribution in [2.75, 3.05) is 32.1 Å². The lowest BCUT2D eigenvalue weighted by molar-refractivity contribution is -0.133. The number of pyridine rings is 1. The van der Waals surface area contributed by atoms with Crippen LogP contribution in [0.4, 0.5) is 14.5 Å². The smallest absolute Gasteiger partial charge is 0.226 e. The Morgan fingerprint density at radius 3 is 2.73 bits per heavy atom. The molecule has 1 fully saturated rings. The van der Waals surface area contributed by atoms with Gasteiger partial charge in [-0.2, -0.15) is 5.26 Å². The number of aromatic amines is 1. The molecule has 9 heteroatoms. The highest BCUT2D eigenvalue weighted by atomic mass is 35.5. The fourth-order valence-corrected chi connectivity index (χ4v) is 4.54. The van der Waals surface area contributed by atoms with Crippen LogP contribution in [-0.2, 0) is 4.79 Å². The van der Waals surface area contributed by atoms with Gasteiger partial charge in [-0.05, 0) is 31.0 Å². The average molecular weight is 471 g/mol. The molecular weight excluding hydrogens is 450 g/mol. The summed E-state index contributed by atoms with van der Waals surface area (Å²) in [5.41, 5.74) is -0.0191. The normalized spacial score (nSPS) is 16.0. The number of nitrogens with one attached hydrogen (secondary N) is 1. The summed E-state index contributed by atoms with van der Waals surface area (Å²) in [6.45, 7) is 0.548. The van der Waals surface area contributed by atoms with Crippen molar-refractivity contribution in [1.29, 1.82) is 5.26 Å². The van der Waals surface area contributed by atoms with Gasteiger partial charge in [-0.15, -0.1) is 0 Å². The van der Waals surface area contributed by atoms with E-state index in [-0.39, 0.29) is 45.7 Å². The summed E-state index contributed by atoms with van der Waals surface area (Å²) in [5.74, 6) is -2.27. The summed E-state index contributed by atoms with van der Waals surface area (Å²) < 4.78 is 30.7. The van der Waals surface area contributed by atoms with Crippen molar-refractivity contribution in [2.24, 2.45) is 5.92 Å². The SMILES string of the molecule is CN(C)C(=O)[C@@H]1CCCN(c2c(F)cc3[nH]c(-c4cc(C#N)ccc4Cl)cc(=O)c3c2F)C1. The first-order chi connectivity index (χ1) is 15.7. The van der Waals surface area contributed by atoms with Crippen molar-refractivity contribution in [3.8, 4) is 17.3 Å². The maximum atomic E-state index is 15.5. The zero-order valence-corrected chi connectivity index (χ0v) is 18.8. The maximum absolute atomic E-state index is 15.5. The van der Waals surface area contributed by atoms with Crippen LogP contribution in [-0.4, -0.2) is 43.0 Å². The molecule has 33 heavy (non-hydrogen) atoms. The second kappa shape index (κ2) is 8.83. The van der Waals surface area contributed by atoms with Crippen molar-refractivity contribution in [3.63, 3.8) is 0 Å². The van der Waals surface area contributed by atoms with Crippen molar-refractivity contribution in [2.45, 2.75) is 12.8 Å². The van der Waals surface area contributed by atoms with Crippen LogP contribution in [0.15, 0.2) is 35.1 Å². The van der Waals surface area contributed by atoms with E-state index in [1.807, 2.05) is 6.07 Å². The monoisotopic (exact) mass is 470 g/mol. The zero-order valence-electron chi connectivity index (χ0n) is 18.1. The van der Waals surface area contributed by atoms with E-state index < -0.39 is 17.1 Å². The van der Waals surface area contributed by atoms with Gasteiger partial charge in [-0.3, -0.25) is 9.59 Å². The van der Waals surface area contributed by atoms with Gasteiger partial charge in [0.15, 0.2) is 17.1 Å². The summed E-state index contributed by atoms with van der Waals surface area (Å²) >= 11 is 6.22. The van der Waals surface area contributed by atoms with Crippen molar-refractivity contribution >= 4 is 34.1 Å². The Morgan fingerprint density at radius 2 is 2.03 bits per heavy atom. The first-order valence-electron chi connectivity index (χ1n) is 10.4. The first kappa shape index (κ1) is 22.7. The van der Waals surface area contributed by atoms with E-state index >= 15 is 8.78 Å². The molecule has 1 aliphatic rings. The van der Waals surface area contributed by atoms with Crippen molar-refractivity contribution in [1.82, 2.24) is 9.88 Å². The van der Waals surface area contributed by atoms with Gasteiger partial charge in [0, 0.05) is 49.9 Å². The van der Waals surface area contributed by atoms with Crippen LogP contribution >= 0.6 is 11.6 Å². The molecule has 2 aromatic carbocycles.